The van der Waals surface area contributed by atoms with E-state index in [-0.39, 0.29) is 0 Å². The second kappa shape index (κ2) is 6.06. The molecule has 0 spiro atoms. The van der Waals surface area contributed by atoms with Gasteiger partial charge in [0.05, 0.1) is 0 Å². The van der Waals surface area contributed by atoms with Crippen LogP contribution in [0.3, 0.4) is 0 Å². The molecule has 0 aromatic heterocycles. The van der Waals surface area contributed by atoms with E-state index in [4.69, 9.17) is 0 Å². The molecule has 1 heterocycles. The molecule has 1 saturated carbocycles. The van der Waals surface area contributed by atoms with Crippen LogP contribution in [0, 0.1) is 5.41 Å². The van der Waals surface area contributed by atoms with Gasteiger partial charge in [0.25, 0.3) is 0 Å². The van der Waals surface area contributed by atoms with Crippen molar-refractivity contribution in [2.45, 2.75) is 77.3 Å². The Morgan fingerprint density at radius 2 is 1.59 bits per heavy atom. The zero-order valence-corrected chi connectivity index (χ0v) is 13.1. The van der Waals surface area contributed by atoms with Gasteiger partial charge in [-0.05, 0) is 44.9 Å². The van der Waals surface area contributed by atoms with E-state index in [1.165, 1.54) is 63.2 Å². The Kier molecular flexibility index (Phi) is 4.94. The van der Waals surface area contributed by atoms with Crippen LogP contribution in [0.25, 0.3) is 0 Å². The van der Waals surface area contributed by atoms with E-state index in [0.29, 0.717) is 5.41 Å². The van der Waals surface area contributed by atoms with Gasteiger partial charge in [-0.3, -0.25) is 4.90 Å². The summed E-state index contributed by atoms with van der Waals surface area (Å²) in [5.41, 5.74) is 0.581. The molecule has 2 fully saturated rings. The minimum atomic E-state index is 0.581. The van der Waals surface area contributed by atoms with Gasteiger partial charge in [0.15, 0.2) is 0 Å². The Labute approximate surface area is 115 Å². The summed E-state index contributed by atoms with van der Waals surface area (Å²) in [7, 11) is 0. The van der Waals surface area contributed by atoms with Gasteiger partial charge in [-0.25, -0.2) is 0 Å². The molecule has 1 aliphatic heterocycles. The molecule has 0 amide bonds. The smallest absolute Gasteiger partial charge is 0.0100 e. The lowest BCUT2D eigenvalue weighted by molar-refractivity contribution is 0.0408. The van der Waals surface area contributed by atoms with Crippen molar-refractivity contribution in [2.24, 2.45) is 5.41 Å². The lowest BCUT2D eigenvalue weighted by Gasteiger charge is -2.46. The van der Waals surface area contributed by atoms with Crippen LogP contribution in [0.2, 0.25) is 0 Å². The fourth-order valence-corrected chi connectivity index (χ4v) is 4.55. The first-order chi connectivity index (χ1) is 8.17. The maximum absolute atomic E-state index is 3.81. The van der Waals surface area contributed by atoms with Gasteiger partial charge in [0, 0.05) is 24.0 Å². The topological polar surface area (TPSA) is 3.24 Å². The molecular weight excluding hydrogens is 274 g/mol. The highest BCUT2D eigenvalue weighted by Crippen LogP contribution is 2.40. The fourth-order valence-electron chi connectivity index (χ4n) is 3.81. The molecule has 2 atom stereocenters. The Morgan fingerprint density at radius 1 is 1.00 bits per heavy atom. The van der Waals surface area contributed by atoms with Crippen molar-refractivity contribution in [2.75, 3.05) is 11.9 Å². The van der Waals surface area contributed by atoms with E-state index in [1.807, 2.05) is 0 Å². The van der Waals surface area contributed by atoms with Crippen molar-refractivity contribution in [1.82, 2.24) is 4.90 Å². The summed E-state index contributed by atoms with van der Waals surface area (Å²) in [6.07, 6.45) is 11.5. The van der Waals surface area contributed by atoms with Gasteiger partial charge in [-0.15, -0.1) is 0 Å². The average molecular weight is 302 g/mol. The summed E-state index contributed by atoms with van der Waals surface area (Å²) in [6.45, 7) is 6.20. The lowest BCUT2D eigenvalue weighted by Crippen LogP contribution is -2.50. The summed E-state index contributed by atoms with van der Waals surface area (Å²) in [5, 5.41) is 1.20. The van der Waals surface area contributed by atoms with E-state index < -0.39 is 0 Å². The zero-order valence-electron chi connectivity index (χ0n) is 11.6. The SMILES string of the molecule is CC1CCCC(C)N1CC1(CBr)CCCCC1. The Hall–Kier alpha value is 0.440. The van der Waals surface area contributed by atoms with Crippen molar-refractivity contribution in [3.05, 3.63) is 0 Å². The van der Waals surface area contributed by atoms with E-state index in [9.17, 15) is 0 Å². The van der Waals surface area contributed by atoms with Gasteiger partial charge in [-0.2, -0.15) is 0 Å². The molecule has 0 bridgehead atoms. The predicted molar refractivity (Wildman–Crippen MR) is 78.8 cm³/mol. The van der Waals surface area contributed by atoms with Crippen LogP contribution in [0.15, 0.2) is 0 Å². The number of nitrogens with zero attached hydrogens (tertiary/aromatic N) is 1. The predicted octanol–water partition coefficient (Wildman–Crippen LogP) is 4.59. The first-order valence-corrected chi connectivity index (χ1v) is 8.61. The highest BCUT2D eigenvalue weighted by atomic mass is 79.9. The monoisotopic (exact) mass is 301 g/mol. The third kappa shape index (κ3) is 3.26. The van der Waals surface area contributed by atoms with Crippen molar-refractivity contribution >= 4 is 15.9 Å². The van der Waals surface area contributed by atoms with E-state index in [1.54, 1.807) is 0 Å². The third-order valence-corrected chi connectivity index (χ3v) is 6.28. The summed E-state index contributed by atoms with van der Waals surface area (Å²) in [5.74, 6) is 0. The number of hydrogen-bond acceptors (Lipinski definition) is 1. The van der Waals surface area contributed by atoms with Gasteiger partial charge < -0.3 is 0 Å². The van der Waals surface area contributed by atoms with Gasteiger partial charge >= 0.3 is 0 Å². The summed E-state index contributed by atoms with van der Waals surface area (Å²) < 4.78 is 0. The second-order valence-electron chi connectivity index (χ2n) is 6.50. The molecule has 0 aromatic carbocycles. The molecular formula is C15H28BrN. The molecule has 0 radical (unpaired) electrons. The zero-order chi connectivity index (χ0) is 12.3. The van der Waals surface area contributed by atoms with E-state index in [0.717, 1.165) is 12.1 Å². The molecule has 2 rings (SSSR count). The second-order valence-corrected chi connectivity index (χ2v) is 7.06. The van der Waals surface area contributed by atoms with Crippen LogP contribution in [-0.2, 0) is 0 Å². The first-order valence-electron chi connectivity index (χ1n) is 7.49. The minimum absolute atomic E-state index is 0.581. The number of hydrogen-bond donors (Lipinski definition) is 0. The molecule has 1 aliphatic carbocycles. The largest absolute Gasteiger partial charge is 0.297 e. The highest BCUT2D eigenvalue weighted by Gasteiger charge is 2.36. The van der Waals surface area contributed by atoms with Crippen molar-refractivity contribution in [3.63, 3.8) is 0 Å². The molecule has 0 aromatic rings. The van der Waals surface area contributed by atoms with Gasteiger partial charge in [0.2, 0.25) is 0 Å². The average Bonchev–Trinajstić information content (AvgIpc) is 2.35. The molecule has 2 aliphatic rings. The normalized spacial score (nSPS) is 34.8. The first kappa shape index (κ1) is 13.9. The number of piperidine rings is 1. The van der Waals surface area contributed by atoms with Crippen LogP contribution < -0.4 is 0 Å². The van der Waals surface area contributed by atoms with Crippen molar-refractivity contribution < 1.29 is 0 Å². The molecule has 17 heavy (non-hydrogen) atoms. The number of rotatable bonds is 3. The molecule has 2 unspecified atom stereocenters. The number of halogens is 1. The van der Waals surface area contributed by atoms with E-state index >= 15 is 0 Å². The van der Waals surface area contributed by atoms with Crippen LogP contribution in [0.4, 0.5) is 0 Å². The molecule has 1 nitrogen and oxygen atoms in total. The van der Waals surface area contributed by atoms with Crippen molar-refractivity contribution in [3.8, 4) is 0 Å². The maximum atomic E-state index is 3.81. The Balaban J connectivity index is 2.00. The number of likely N-dealkylation sites (tertiary alicyclic amines) is 1. The van der Waals surface area contributed by atoms with Crippen LogP contribution in [-0.4, -0.2) is 28.9 Å². The summed E-state index contributed by atoms with van der Waals surface area (Å²) >= 11 is 3.81. The molecule has 1 saturated heterocycles. The van der Waals surface area contributed by atoms with Gasteiger partial charge in [-0.1, -0.05) is 41.6 Å². The molecule has 100 valence electrons. The fraction of sp³-hybridized carbons (Fsp3) is 1.00. The third-order valence-electron chi connectivity index (χ3n) is 5.09. The standard InChI is InChI=1S/C15H28BrN/c1-13-7-6-8-14(2)17(13)12-15(11-16)9-4-3-5-10-15/h13-14H,3-12H2,1-2H3. The van der Waals surface area contributed by atoms with Crippen LogP contribution >= 0.6 is 15.9 Å². The van der Waals surface area contributed by atoms with Gasteiger partial charge in [0.1, 0.15) is 0 Å². The lowest BCUT2D eigenvalue weighted by atomic mass is 9.74. The van der Waals surface area contributed by atoms with Crippen LogP contribution in [0.1, 0.15) is 65.2 Å². The number of alkyl halides is 1. The van der Waals surface area contributed by atoms with E-state index in [2.05, 4.69) is 34.7 Å². The Morgan fingerprint density at radius 3 is 2.12 bits per heavy atom. The highest BCUT2D eigenvalue weighted by molar-refractivity contribution is 9.09. The summed E-state index contributed by atoms with van der Waals surface area (Å²) in [6, 6.07) is 1.60. The maximum Gasteiger partial charge on any atom is 0.0100 e. The Bertz CT molecular complexity index is 225. The van der Waals surface area contributed by atoms with Crippen molar-refractivity contribution in [1.29, 1.82) is 0 Å². The quantitative estimate of drug-likeness (QED) is 0.689. The van der Waals surface area contributed by atoms with Crippen LogP contribution in [0.5, 0.6) is 0 Å². The minimum Gasteiger partial charge on any atom is -0.297 e. The summed E-state index contributed by atoms with van der Waals surface area (Å²) in [4.78, 5) is 2.80. The molecule has 0 N–H and O–H groups in total. The molecule has 2 heteroatoms.